The van der Waals surface area contributed by atoms with E-state index in [-0.39, 0.29) is 24.3 Å². The zero-order chi connectivity index (χ0) is 40.0. The van der Waals surface area contributed by atoms with Crippen LogP contribution in [0.3, 0.4) is 0 Å². The van der Waals surface area contributed by atoms with Gasteiger partial charge in [-0.25, -0.2) is 0 Å². The lowest BCUT2D eigenvalue weighted by Crippen LogP contribution is -2.23. The Kier molecular flexibility index (Phi) is 45.9. The first-order valence-corrected chi connectivity index (χ1v) is 25.1. The lowest BCUT2D eigenvalue weighted by Gasteiger charge is -2.16. The molecule has 0 fully saturated rings. The average molecular weight is 775 g/mol. The van der Waals surface area contributed by atoms with Crippen molar-refractivity contribution in [2.45, 2.75) is 284 Å². The molecule has 0 saturated heterocycles. The van der Waals surface area contributed by atoms with Crippen molar-refractivity contribution in [1.29, 1.82) is 0 Å². The van der Waals surface area contributed by atoms with E-state index in [1.54, 1.807) is 0 Å². The van der Waals surface area contributed by atoms with Gasteiger partial charge in [0.2, 0.25) is 0 Å². The molecule has 0 aromatic carbocycles. The fourth-order valence-corrected chi connectivity index (χ4v) is 7.74. The van der Waals surface area contributed by atoms with E-state index in [9.17, 15) is 9.59 Å². The molecule has 4 nitrogen and oxygen atoms in total. The molecule has 0 rings (SSSR count). The van der Waals surface area contributed by atoms with E-state index in [2.05, 4.69) is 32.9 Å². The minimum absolute atomic E-state index is 0.168. The van der Waals surface area contributed by atoms with Crippen molar-refractivity contribution in [2.75, 3.05) is 13.2 Å². The van der Waals surface area contributed by atoms with E-state index in [1.165, 1.54) is 212 Å². The lowest BCUT2D eigenvalue weighted by atomic mass is 9.97. The van der Waals surface area contributed by atoms with Gasteiger partial charge in [0.25, 0.3) is 0 Å². The predicted octanol–water partition coefficient (Wildman–Crippen LogP) is 17.3. The summed E-state index contributed by atoms with van der Waals surface area (Å²) < 4.78 is 11.4. The van der Waals surface area contributed by atoms with Crippen LogP contribution >= 0.6 is 0 Å². The highest BCUT2D eigenvalue weighted by atomic mass is 16.5. The van der Waals surface area contributed by atoms with Crippen LogP contribution in [0.5, 0.6) is 0 Å². The van der Waals surface area contributed by atoms with Crippen molar-refractivity contribution in [3.05, 3.63) is 12.2 Å². The SMILES string of the molecule is CCCCCCCCCC/C=C/CCCCCCCCCC(CC(=O)OCCCCCCCCCCCCC)C(=O)OCCCCCCCCCCCCC. The van der Waals surface area contributed by atoms with Crippen molar-refractivity contribution in [1.82, 2.24) is 0 Å². The van der Waals surface area contributed by atoms with Gasteiger partial charge >= 0.3 is 11.9 Å². The normalized spacial score (nSPS) is 12.1. The average Bonchev–Trinajstić information content (AvgIpc) is 3.19. The van der Waals surface area contributed by atoms with Crippen molar-refractivity contribution in [3.63, 3.8) is 0 Å². The standard InChI is InChI=1S/C51H98O4/c1-4-7-10-13-16-19-22-23-24-25-26-27-28-29-30-33-36-39-42-45-49(51(53)55-47-44-41-38-35-32-21-18-15-12-9-6-3)48-50(52)54-46-43-40-37-34-31-20-17-14-11-8-5-2/h25-26,49H,4-24,27-48H2,1-3H3/b26-25+. The van der Waals surface area contributed by atoms with Gasteiger partial charge in [0.05, 0.1) is 25.6 Å². The molecule has 1 atom stereocenters. The van der Waals surface area contributed by atoms with Crippen LogP contribution in [0.1, 0.15) is 284 Å². The molecule has 0 aromatic heterocycles. The van der Waals surface area contributed by atoms with E-state index in [0.717, 1.165) is 44.9 Å². The molecule has 0 heterocycles. The molecule has 0 aromatic rings. The molecule has 0 aliphatic heterocycles. The maximum atomic E-state index is 13.1. The molecule has 0 saturated carbocycles. The third kappa shape index (κ3) is 43.6. The third-order valence-electron chi connectivity index (χ3n) is 11.6. The Morgan fingerprint density at radius 2 is 0.655 bits per heavy atom. The molecule has 0 aliphatic rings. The summed E-state index contributed by atoms with van der Waals surface area (Å²) in [6.45, 7) is 7.79. The first-order chi connectivity index (χ1) is 27.2. The van der Waals surface area contributed by atoms with Crippen molar-refractivity contribution in [3.8, 4) is 0 Å². The zero-order valence-electron chi connectivity index (χ0n) is 37.8. The Morgan fingerprint density at radius 1 is 0.364 bits per heavy atom. The van der Waals surface area contributed by atoms with Gasteiger partial charge in [-0.15, -0.1) is 0 Å². The number of hydrogen-bond acceptors (Lipinski definition) is 4. The summed E-state index contributed by atoms with van der Waals surface area (Å²) in [5.41, 5.74) is 0. The van der Waals surface area contributed by atoms with E-state index in [0.29, 0.717) is 13.2 Å². The van der Waals surface area contributed by atoms with Crippen molar-refractivity contribution in [2.24, 2.45) is 5.92 Å². The van der Waals surface area contributed by atoms with E-state index in [1.807, 2.05) is 0 Å². The number of carbonyl (C=O) groups excluding carboxylic acids is 2. The Labute approximate surface area is 345 Å². The quantitative estimate of drug-likeness (QED) is 0.0351. The molecular weight excluding hydrogens is 677 g/mol. The summed E-state index contributed by atoms with van der Waals surface area (Å²) in [6, 6.07) is 0. The van der Waals surface area contributed by atoms with Gasteiger partial charge in [0.15, 0.2) is 0 Å². The number of allylic oxidation sites excluding steroid dienone is 2. The highest BCUT2D eigenvalue weighted by Crippen LogP contribution is 2.20. The number of ether oxygens (including phenoxy) is 2. The summed E-state index contributed by atoms with van der Waals surface area (Å²) >= 11 is 0. The van der Waals surface area contributed by atoms with E-state index < -0.39 is 0 Å². The topological polar surface area (TPSA) is 52.6 Å². The maximum Gasteiger partial charge on any atom is 0.309 e. The molecule has 4 heteroatoms. The van der Waals surface area contributed by atoms with Gasteiger partial charge in [-0.2, -0.15) is 0 Å². The molecule has 0 N–H and O–H groups in total. The van der Waals surface area contributed by atoms with Crippen LogP contribution in [0.4, 0.5) is 0 Å². The highest BCUT2D eigenvalue weighted by molar-refractivity contribution is 5.79. The van der Waals surface area contributed by atoms with Crippen LogP contribution in [0, 0.1) is 5.92 Å². The summed E-state index contributed by atoms with van der Waals surface area (Å²) in [5.74, 6) is -0.778. The van der Waals surface area contributed by atoms with Gasteiger partial charge < -0.3 is 9.47 Å². The van der Waals surface area contributed by atoms with Crippen LogP contribution in [0.25, 0.3) is 0 Å². The Hall–Kier alpha value is -1.32. The third-order valence-corrected chi connectivity index (χ3v) is 11.6. The zero-order valence-corrected chi connectivity index (χ0v) is 37.8. The van der Waals surface area contributed by atoms with Crippen LogP contribution in [-0.2, 0) is 19.1 Å². The molecular formula is C51H98O4. The summed E-state index contributed by atoms with van der Waals surface area (Å²) in [4.78, 5) is 25.9. The van der Waals surface area contributed by atoms with Gasteiger partial charge in [0, 0.05) is 0 Å². The minimum Gasteiger partial charge on any atom is -0.466 e. The predicted molar refractivity (Wildman–Crippen MR) is 241 cm³/mol. The monoisotopic (exact) mass is 775 g/mol. The summed E-state index contributed by atoms with van der Waals surface area (Å²) in [5, 5.41) is 0. The Bertz CT molecular complexity index is 792. The van der Waals surface area contributed by atoms with Crippen LogP contribution in [-0.4, -0.2) is 25.2 Å². The van der Waals surface area contributed by atoms with Crippen LogP contribution in [0.15, 0.2) is 12.2 Å². The number of esters is 2. The first-order valence-electron chi connectivity index (χ1n) is 25.1. The molecule has 0 radical (unpaired) electrons. The second-order valence-electron chi connectivity index (χ2n) is 17.1. The molecule has 326 valence electrons. The highest BCUT2D eigenvalue weighted by Gasteiger charge is 2.24. The largest absolute Gasteiger partial charge is 0.466 e. The van der Waals surface area contributed by atoms with Crippen LogP contribution < -0.4 is 0 Å². The molecule has 1 unspecified atom stereocenters. The fourth-order valence-electron chi connectivity index (χ4n) is 7.74. The molecule has 0 aliphatic carbocycles. The Balaban J connectivity index is 4.20. The van der Waals surface area contributed by atoms with Crippen LogP contribution in [0.2, 0.25) is 0 Å². The number of unbranched alkanes of at least 4 members (excludes halogenated alkanes) is 35. The van der Waals surface area contributed by atoms with Crippen molar-refractivity contribution < 1.29 is 19.1 Å². The molecule has 0 spiro atoms. The van der Waals surface area contributed by atoms with E-state index in [4.69, 9.17) is 9.47 Å². The molecule has 55 heavy (non-hydrogen) atoms. The fraction of sp³-hybridized carbons (Fsp3) is 0.922. The van der Waals surface area contributed by atoms with E-state index >= 15 is 0 Å². The second-order valence-corrected chi connectivity index (χ2v) is 17.1. The summed E-state index contributed by atoms with van der Waals surface area (Å²) in [7, 11) is 0. The minimum atomic E-state index is -0.366. The second kappa shape index (κ2) is 47.1. The number of rotatable bonds is 46. The smallest absolute Gasteiger partial charge is 0.309 e. The maximum absolute atomic E-state index is 13.1. The molecule has 0 amide bonds. The summed E-state index contributed by atoms with van der Waals surface area (Å²) in [6.07, 6.45) is 55.9. The Morgan fingerprint density at radius 3 is 1.02 bits per heavy atom. The van der Waals surface area contributed by atoms with Gasteiger partial charge in [-0.05, 0) is 44.9 Å². The molecule has 0 bridgehead atoms. The van der Waals surface area contributed by atoms with Gasteiger partial charge in [-0.3, -0.25) is 9.59 Å². The van der Waals surface area contributed by atoms with Crippen molar-refractivity contribution >= 4 is 11.9 Å². The first kappa shape index (κ1) is 53.7. The van der Waals surface area contributed by atoms with Gasteiger partial charge in [0.1, 0.15) is 0 Å². The lowest BCUT2D eigenvalue weighted by molar-refractivity contribution is -0.155. The van der Waals surface area contributed by atoms with Gasteiger partial charge in [-0.1, -0.05) is 245 Å². The number of hydrogen-bond donors (Lipinski definition) is 0. The number of carbonyl (C=O) groups is 2.